The molecule has 0 saturated carbocycles. The minimum absolute atomic E-state index is 0.0535. The molecule has 2 aromatic carbocycles. The van der Waals surface area contributed by atoms with Crippen LogP contribution in [0.5, 0.6) is 5.75 Å². The van der Waals surface area contributed by atoms with Gasteiger partial charge in [0.25, 0.3) is 5.91 Å². The molecule has 0 spiro atoms. The van der Waals surface area contributed by atoms with Gasteiger partial charge in [-0.2, -0.15) is 0 Å². The quantitative estimate of drug-likeness (QED) is 0.585. The van der Waals surface area contributed by atoms with Crippen molar-refractivity contribution in [2.24, 2.45) is 0 Å². The van der Waals surface area contributed by atoms with Crippen LogP contribution in [0, 0.1) is 6.92 Å². The predicted octanol–water partition coefficient (Wildman–Crippen LogP) is 4.71. The number of ether oxygens (including phenoxy) is 1. The maximum atomic E-state index is 13.6. The van der Waals surface area contributed by atoms with E-state index in [9.17, 15) is 4.79 Å². The zero-order valence-electron chi connectivity index (χ0n) is 18.2. The van der Waals surface area contributed by atoms with Crippen LogP contribution in [0.4, 0.5) is 5.69 Å². The molecule has 5 heteroatoms. The van der Waals surface area contributed by atoms with Crippen molar-refractivity contribution < 1.29 is 9.53 Å². The monoisotopic (exact) mass is 415 g/mol. The first-order chi connectivity index (χ1) is 15.1. The Bertz CT molecular complexity index is 979. The SMILES string of the molecule is COc1ccc(N(C(=O)c2ccc(C)cc2)C2CCN(Cc3ccncc3)CC2)cc1. The number of piperidine rings is 1. The Hall–Kier alpha value is -3.18. The Balaban J connectivity index is 1.53. The Morgan fingerprint density at radius 2 is 1.65 bits per heavy atom. The summed E-state index contributed by atoms with van der Waals surface area (Å²) in [4.78, 5) is 22.1. The molecule has 1 aliphatic heterocycles. The maximum absolute atomic E-state index is 13.6. The zero-order valence-corrected chi connectivity index (χ0v) is 18.2. The predicted molar refractivity (Wildman–Crippen MR) is 124 cm³/mol. The van der Waals surface area contributed by atoms with Crippen LogP contribution in [0.3, 0.4) is 0 Å². The molecular weight excluding hydrogens is 386 g/mol. The van der Waals surface area contributed by atoms with E-state index in [0.29, 0.717) is 0 Å². The molecule has 160 valence electrons. The fourth-order valence-electron chi connectivity index (χ4n) is 4.15. The summed E-state index contributed by atoms with van der Waals surface area (Å²) in [6.45, 7) is 4.87. The first kappa shape index (κ1) is 21.1. The van der Waals surface area contributed by atoms with Crippen molar-refractivity contribution in [3.8, 4) is 5.75 Å². The van der Waals surface area contributed by atoms with Crippen LogP contribution < -0.4 is 9.64 Å². The van der Waals surface area contributed by atoms with E-state index in [4.69, 9.17) is 4.74 Å². The molecule has 0 aliphatic carbocycles. The van der Waals surface area contributed by atoms with Crippen molar-refractivity contribution in [1.29, 1.82) is 0 Å². The van der Waals surface area contributed by atoms with Gasteiger partial charge in [-0.1, -0.05) is 17.7 Å². The number of pyridine rings is 1. The number of hydrogen-bond acceptors (Lipinski definition) is 4. The number of likely N-dealkylation sites (tertiary alicyclic amines) is 1. The van der Waals surface area contributed by atoms with E-state index in [2.05, 4.69) is 22.0 Å². The lowest BCUT2D eigenvalue weighted by Gasteiger charge is -2.38. The topological polar surface area (TPSA) is 45.7 Å². The van der Waals surface area contributed by atoms with Gasteiger partial charge in [-0.25, -0.2) is 0 Å². The number of anilines is 1. The van der Waals surface area contributed by atoms with Gasteiger partial charge in [-0.3, -0.25) is 14.7 Å². The first-order valence-corrected chi connectivity index (χ1v) is 10.8. The van der Waals surface area contributed by atoms with Crippen molar-refractivity contribution in [3.05, 3.63) is 89.7 Å². The minimum atomic E-state index is 0.0535. The molecule has 2 heterocycles. The molecule has 1 amide bonds. The number of carbonyl (C=O) groups is 1. The number of benzene rings is 2. The number of aryl methyl sites for hydroxylation is 1. The van der Waals surface area contributed by atoms with E-state index in [1.54, 1.807) is 7.11 Å². The molecule has 0 unspecified atom stereocenters. The number of carbonyl (C=O) groups excluding carboxylic acids is 1. The van der Waals surface area contributed by atoms with Crippen LogP contribution in [0.1, 0.15) is 34.3 Å². The second-order valence-corrected chi connectivity index (χ2v) is 8.10. The maximum Gasteiger partial charge on any atom is 0.258 e. The Morgan fingerprint density at radius 1 is 1.00 bits per heavy atom. The highest BCUT2D eigenvalue weighted by Gasteiger charge is 2.30. The van der Waals surface area contributed by atoms with Crippen LogP contribution in [0.2, 0.25) is 0 Å². The number of aromatic nitrogens is 1. The van der Waals surface area contributed by atoms with Gasteiger partial charge in [0, 0.05) is 49.3 Å². The smallest absolute Gasteiger partial charge is 0.258 e. The summed E-state index contributed by atoms with van der Waals surface area (Å²) in [7, 11) is 1.66. The summed E-state index contributed by atoms with van der Waals surface area (Å²) >= 11 is 0. The highest BCUT2D eigenvalue weighted by atomic mass is 16.5. The van der Waals surface area contributed by atoms with Crippen molar-refractivity contribution >= 4 is 11.6 Å². The van der Waals surface area contributed by atoms with Crippen LogP contribution in [0.25, 0.3) is 0 Å². The number of nitrogens with zero attached hydrogens (tertiary/aromatic N) is 3. The third kappa shape index (κ3) is 5.12. The first-order valence-electron chi connectivity index (χ1n) is 10.8. The van der Waals surface area contributed by atoms with Crippen molar-refractivity contribution in [2.75, 3.05) is 25.1 Å². The van der Waals surface area contributed by atoms with Gasteiger partial charge in [0.2, 0.25) is 0 Å². The molecule has 1 saturated heterocycles. The third-order valence-electron chi connectivity index (χ3n) is 5.95. The van der Waals surface area contributed by atoms with Crippen LogP contribution in [-0.4, -0.2) is 42.0 Å². The van der Waals surface area contributed by atoms with Crippen molar-refractivity contribution in [2.45, 2.75) is 32.4 Å². The second kappa shape index (κ2) is 9.75. The lowest BCUT2D eigenvalue weighted by atomic mass is 10.00. The summed E-state index contributed by atoms with van der Waals surface area (Å²) in [5, 5.41) is 0. The molecule has 0 N–H and O–H groups in total. The Morgan fingerprint density at radius 3 is 2.26 bits per heavy atom. The van der Waals surface area contributed by atoms with Gasteiger partial charge in [0.15, 0.2) is 0 Å². The lowest BCUT2D eigenvalue weighted by molar-refractivity contribution is 0.0958. The van der Waals surface area contributed by atoms with Gasteiger partial charge in [0.1, 0.15) is 5.75 Å². The van der Waals surface area contributed by atoms with Crippen LogP contribution in [-0.2, 0) is 6.54 Å². The van der Waals surface area contributed by atoms with Crippen LogP contribution >= 0.6 is 0 Å². The van der Waals surface area contributed by atoms with E-state index in [1.165, 1.54) is 5.56 Å². The molecule has 3 aromatic rings. The number of hydrogen-bond donors (Lipinski definition) is 0. The zero-order chi connectivity index (χ0) is 21.6. The number of rotatable bonds is 6. The van der Waals surface area contributed by atoms with E-state index in [0.717, 1.165) is 55.0 Å². The molecule has 4 rings (SSSR count). The van der Waals surface area contributed by atoms with Gasteiger partial charge in [-0.05, 0) is 73.9 Å². The molecule has 0 radical (unpaired) electrons. The molecule has 1 fully saturated rings. The summed E-state index contributed by atoms with van der Waals surface area (Å²) in [5.74, 6) is 0.844. The fourth-order valence-corrected chi connectivity index (χ4v) is 4.15. The van der Waals surface area contributed by atoms with Crippen molar-refractivity contribution in [1.82, 2.24) is 9.88 Å². The highest BCUT2D eigenvalue weighted by Crippen LogP contribution is 2.28. The molecule has 1 aromatic heterocycles. The third-order valence-corrected chi connectivity index (χ3v) is 5.95. The molecule has 1 aliphatic rings. The lowest BCUT2D eigenvalue weighted by Crippen LogP contribution is -2.47. The Kier molecular flexibility index (Phi) is 6.63. The number of methoxy groups -OCH3 is 1. The minimum Gasteiger partial charge on any atom is -0.497 e. The van der Waals surface area contributed by atoms with Gasteiger partial charge >= 0.3 is 0 Å². The highest BCUT2D eigenvalue weighted by molar-refractivity contribution is 6.06. The normalized spacial score (nSPS) is 14.9. The van der Waals surface area contributed by atoms with E-state index < -0.39 is 0 Å². The van der Waals surface area contributed by atoms with E-state index in [-0.39, 0.29) is 11.9 Å². The van der Waals surface area contributed by atoms with Gasteiger partial charge < -0.3 is 9.64 Å². The largest absolute Gasteiger partial charge is 0.497 e. The molecule has 5 nitrogen and oxygen atoms in total. The van der Waals surface area contributed by atoms with Gasteiger partial charge in [-0.15, -0.1) is 0 Å². The molecule has 31 heavy (non-hydrogen) atoms. The number of amides is 1. The van der Waals surface area contributed by atoms with E-state index in [1.807, 2.05) is 72.7 Å². The Labute approximate surface area is 184 Å². The average Bonchev–Trinajstić information content (AvgIpc) is 2.82. The fraction of sp³-hybridized carbons (Fsp3) is 0.308. The van der Waals surface area contributed by atoms with Crippen LogP contribution in [0.15, 0.2) is 73.1 Å². The summed E-state index contributed by atoms with van der Waals surface area (Å²) < 4.78 is 5.31. The second-order valence-electron chi connectivity index (χ2n) is 8.10. The molecule has 0 atom stereocenters. The average molecular weight is 416 g/mol. The summed E-state index contributed by atoms with van der Waals surface area (Å²) in [5.41, 5.74) is 4.06. The summed E-state index contributed by atoms with van der Waals surface area (Å²) in [6, 6.07) is 19.9. The van der Waals surface area contributed by atoms with E-state index >= 15 is 0 Å². The summed E-state index contributed by atoms with van der Waals surface area (Å²) in [6.07, 6.45) is 5.56. The molecule has 0 bridgehead atoms. The van der Waals surface area contributed by atoms with Gasteiger partial charge in [0.05, 0.1) is 7.11 Å². The standard InChI is InChI=1S/C26H29N3O2/c1-20-3-5-22(6-4-20)26(30)29(23-7-9-25(31-2)10-8-23)24-13-17-28(18-14-24)19-21-11-15-27-16-12-21/h3-12,15-16,24H,13-14,17-19H2,1-2H3. The molecular formula is C26H29N3O2. The van der Waals surface area contributed by atoms with Crippen molar-refractivity contribution in [3.63, 3.8) is 0 Å².